The number of nitrogens with zero attached hydrogens (tertiary/aromatic N) is 1. The van der Waals surface area contributed by atoms with E-state index in [9.17, 15) is 13.2 Å². The zero-order chi connectivity index (χ0) is 17.0. The normalized spacial score (nSPS) is 12.0. The minimum Gasteiger partial charge on any atom is -0.355 e. The van der Waals surface area contributed by atoms with Crippen molar-refractivity contribution in [2.75, 3.05) is 13.1 Å². The smallest absolute Gasteiger partial charge is 0.241 e. The molecule has 1 amide bonds. The van der Waals surface area contributed by atoms with Gasteiger partial charge in [0.2, 0.25) is 15.9 Å². The number of amides is 1. The van der Waals surface area contributed by atoms with E-state index < -0.39 is 10.0 Å². The molecule has 126 valence electrons. The summed E-state index contributed by atoms with van der Waals surface area (Å²) in [5.74, 6) is 0.158. The summed E-state index contributed by atoms with van der Waals surface area (Å²) in [5.41, 5.74) is 0.776. The third-order valence-electron chi connectivity index (χ3n) is 3.24. The van der Waals surface area contributed by atoms with Crippen molar-refractivity contribution < 1.29 is 13.2 Å². The van der Waals surface area contributed by atoms with Gasteiger partial charge in [-0.15, -0.1) is 11.3 Å². The molecule has 0 bridgehead atoms. The van der Waals surface area contributed by atoms with Crippen LogP contribution < -0.4 is 10.0 Å². The van der Waals surface area contributed by atoms with Crippen molar-refractivity contribution in [2.24, 2.45) is 5.92 Å². The Kier molecular flexibility index (Phi) is 5.72. The third kappa shape index (κ3) is 4.98. The number of thiazole rings is 1. The molecule has 0 radical (unpaired) electrons. The number of hydrogen-bond acceptors (Lipinski definition) is 5. The van der Waals surface area contributed by atoms with Crippen LogP contribution in [0.15, 0.2) is 23.1 Å². The molecule has 0 saturated heterocycles. The summed E-state index contributed by atoms with van der Waals surface area (Å²) >= 11 is 1.44. The Morgan fingerprint density at radius 3 is 2.78 bits per heavy atom. The lowest BCUT2D eigenvalue weighted by atomic mass is 10.1. The topological polar surface area (TPSA) is 88.2 Å². The molecule has 23 heavy (non-hydrogen) atoms. The van der Waals surface area contributed by atoms with Crippen LogP contribution in [0.5, 0.6) is 0 Å². The number of aryl methyl sites for hydroxylation is 1. The molecular formula is C15H21N3O3S2. The number of sulfonamides is 1. The van der Waals surface area contributed by atoms with Crippen LogP contribution in [0.1, 0.15) is 25.3 Å². The molecule has 0 fully saturated rings. The van der Waals surface area contributed by atoms with E-state index in [-0.39, 0.29) is 17.3 Å². The molecule has 0 atom stereocenters. The number of carbonyl (C=O) groups is 1. The molecule has 0 saturated carbocycles. The van der Waals surface area contributed by atoms with Crippen molar-refractivity contribution in [3.63, 3.8) is 0 Å². The molecule has 6 nitrogen and oxygen atoms in total. The maximum Gasteiger partial charge on any atom is 0.241 e. The fourth-order valence-electron chi connectivity index (χ4n) is 1.99. The van der Waals surface area contributed by atoms with Crippen molar-refractivity contribution in [2.45, 2.75) is 32.1 Å². The van der Waals surface area contributed by atoms with Crippen LogP contribution in [0.4, 0.5) is 0 Å². The van der Waals surface area contributed by atoms with Crippen LogP contribution in [0.2, 0.25) is 0 Å². The second kappa shape index (κ2) is 7.37. The first-order valence-electron chi connectivity index (χ1n) is 7.41. The summed E-state index contributed by atoms with van der Waals surface area (Å²) in [6.45, 7) is 6.28. The summed E-state index contributed by atoms with van der Waals surface area (Å²) in [7, 11) is -3.71. The van der Waals surface area contributed by atoms with Gasteiger partial charge in [-0.05, 0) is 37.5 Å². The Labute approximate surface area is 140 Å². The average Bonchev–Trinajstić information content (AvgIpc) is 2.84. The molecule has 0 spiro atoms. The van der Waals surface area contributed by atoms with Gasteiger partial charge in [0.15, 0.2) is 0 Å². The molecule has 8 heteroatoms. The average molecular weight is 355 g/mol. The number of rotatable bonds is 7. The first kappa shape index (κ1) is 17.8. The highest BCUT2D eigenvalue weighted by molar-refractivity contribution is 7.89. The van der Waals surface area contributed by atoms with Gasteiger partial charge in [-0.2, -0.15) is 0 Å². The Morgan fingerprint density at radius 1 is 1.35 bits per heavy atom. The Morgan fingerprint density at radius 2 is 2.09 bits per heavy atom. The van der Waals surface area contributed by atoms with Gasteiger partial charge in [0, 0.05) is 6.54 Å². The van der Waals surface area contributed by atoms with Crippen molar-refractivity contribution in [3.8, 4) is 0 Å². The molecule has 2 aromatic rings. The van der Waals surface area contributed by atoms with Gasteiger partial charge < -0.3 is 5.32 Å². The van der Waals surface area contributed by atoms with Gasteiger partial charge in [-0.25, -0.2) is 18.1 Å². The monoisotopic (exact) mass is 355 g/mol. The fraction of sp³-hybridized carbons (Fsp3) is 0.467. The van der Waals surface area contributed by atoms with Crippen LogP contribution in [0.25, 0.3) is 10.2 Å². The molecule has 1 aromatic heterocycles. The molecule has 0 aliphatic carbocycles. The molecule has 0 aliphatic rings. The lowest BCUT2D eigenvalue weighted by Gasteiger charge is -2.09. The molecular weight excluding hydrogens is 334 g/mol. The first-order chi connectivity index (χ1) is 10.8. The molecule has 2 rings (SSSR count). The zero-order valence-corrected chi connectivity index (χ0v) is 15.1. The summed E-state index contributed by atoms with van der Waals surface area (Å²) < 4.78 is 27.7. The highest BCUT2D eigenvalue weighted by atomic mass is 32.2. The van der Waals surface area contributed by atoms with Gasteiger partial charge in [-0.3, -0.25) is 4.79 Å². The number of nitrogens with one attached hydrogen (secondary N) is 2. The quantitative estimate of drug-likeness (QED) is 0.795. The van der Waals surface area contributed by atoms with E-state index >= 15 is 0 Å². The largest absolute Gasteiger partial charge is 0.355 e. The number of fused-ring (bicyclic) bond motifs is 1. The predicted molar refractivity (Wildman–Crippen MR) is 92.0 cm³/mol. The summed E-state index contributed by atoms with van der Waals surface area (Å²) in [6, 6.07) is 4.76. The van der Waals surface area contributed by atoms with E-state index in [0.29, 0.717) is 12.5 Å². The molecule has 1 aromatic carbocycles. The summed E-state index contributed by atoms with van der Waals surface area (Å²) in [4.78, 5) is 16.1. The highest BCUT2D eigenvalue weighted by Gasteiger charge is 2.16. The predicted octanol–water partition coefficient (Wildman–Crippen LogP) is 2.05. The summed E-state index contributed by atoms with van der Waals surface area (Å²) in [5, 5.41) is 3.58. The van der Waals surface area contributed by atoms with Gasteiger partial charge in [0.1, 0.15) is 0 Å². The van der Waals surface area contributed by atoms with Gasteiger partial charge in [-0.1, -0.05) is 13.8 Å². The molecule has 2 N–H and O–H groups in total. The van der Waals surface area contributed by atoms with Crippen molar-refractivity contribution >= 4 is 37.5 Å². The van der Waals surface area contributed by atoms with Crippen LogP contribution >= 0.6 is 11.3 Å². The zero-order valence-electron chi connectivity index (χ0n) is 13.4. The van der Waals surface area contributed by atoms with Gasteiger partial charge in [0.05, 0.1) is 26.7 Å². The van der Waals surface area contributed by atoms with Crippen LogP contribution in [0.3, 0.4) is 0 Å². The molecule has 0 aliphatic heterocycles. The van der Waals surface area contributed by atoms with Crippen molar-refractivity contribution in [1.29, 1.82) is 0 Å². The van der Waals surface area contributed by atoms with E-state index in [4.69, 9.17) is 0 Å². The van der Waals surface area contributed by atoms with E-state index in [1.807, 2.05) is 6.92 Å². The lowest BCUT2D eigenvalue weighted by molar-refractivity contribution is -0.119. The van der Waals surface area contributed by atoms with E-state index in [1.54, 1.807) is 12.1 Å². The highest BCUT2D eigenvalue weighted by Crippen LogP contribution is 2.24. The van der Waals surface area contributed by atoms with Crippen LogP contribution in [-0.2, 0) is 14.8 Å². The second-order valence-electron chi connectivity index (χ2n) is 5.72. The Balaban J connectivity index is 1.98. The standard InChI is InChI=1S/C15H21N3O3S2/c1-10(2)6-7-16-15(19)9-17-23(20,21)12-4-5-13-14(8-12)22-11(3)18-13/h4-5,8,10,17H,6-7,9H2,1-3H3,(H,16,19). The molecule has 1 heterocycles. The number of hydrogen-bond donors (Lipinski definition) is 2. The maximum absolute atomic E-state index is 12.3. The van der Waals surface area contributed by atoms with E-state index in [2.05, 4.69) is 28.9 Å². The maximum atomic E-state index is 12.3. The van der Waals surface area contributed by atoms with E-state index in [0.717, 1.165) is 21.6 Å². The SMILES string of the molecule is Cc1nc2ccc(S(=O)(=O)NCC(=O)NCCC(C)C)cc2s1. The Hall–Kier alpha value is -1.51. The molecule has 0 unspecified atom stereocenters. The number of carbonyl (C=O) groups excluding carboxylic acids is 1. The van der Waals surface area contributed by atoms with Gasteiger partial charge in [0.25, 0.3) is 0 Å². The number of aromatic nitrogens is 1. The number of benzene rings is 1. The first-order valence-corrected chi connectivity index (χ1v) is 9.71. The second-order valence-corrected chi connectivity index (χ2v) is 8.72. The minimum absolute atomic E-state index is 0.142. The van der Waals surface area contributed by atoms with Crippen LogP contribution in [0, 0.1) is 12.8 Å². The fourth-order valence-corrected chi connectivity index (χ4v) is 3.94. The van der Waals surface area contributed by atoms with E-state index in [1.165, 1.54) is 17.4 Å². The summed E-state index contributed by atoms with van der Waals surface area (Å²) in [6.07, 6.45) is 0.861. The van der Waals surface area contributed by atoms with Crippen molar-refractivity contribution in [1.82, 2.24) is 15.0 Å². The Bertz CT molecular complexity index is 797. The third-order valence-corrected chi connectivity index (χ3v) is 5.58. The van der Waals surface area contributed by atoms with Crippen molar-refractivity contribution in [3.05, 3.63) is 23.2 Å². The van der Waals surface area contributed by atoms with Crippen LogP contribution in [-0.4, -0.2) is 32.4 Å². The van der Waals surface area contributed by atoms with Gasteiger partial charge >= 0.3 is 0 Å². The minimum atomic E-state index is -3.71. The lowest BCUT2D eigenvalue weighted by Crippen LogP contribution is -2.37.